The van der Waals surface area contributed by atoms with Gasteiger partial charge in [0.05, 0.1) is 5.69 Å². The zero-order valence-electron chi connectivity index (χ0n) is 10.5. The topological polar surface area (TPSA) is 41.6 Å². The van der Waals surface area contributed by atoms with E-state index in [1.54, 1.807) is 0 Å². The molecule has 0 unspecified atom stereocenters. The molecular weight excluding hydrogens is 210 g/mol. The number of hydrogen-bond donors (Lipinski definition) is 1. The molecule has 0 heterocycles. The second-order valence-electron chi connectivity index (χ2n) is 4.53. The van der Waals surface area contributed by atoms with Gasteiger partial charge < -0.3 is 10.6 Å². The second kappa shape index (κ2) is 5.71. The quantitative estimate of drug-likeness (QED) is 0.642. The van der Waals surface area contributed by atoms with Crippen LogP contribution in [0.15, 0.2) is 35.3 Å². The molecular formula is C14H21N3. The summed E-state index contributed by atoms with van der Waals surface area (Å²) in [5.41, 5.74) is 7.05. The molecule has 1 saturated carbocycles. The summed E-state index contributed by atoms with van der Waals surface area (Å²) in [6, 6.07) is 10.5. The lowest BCUT2D eigenvalue weighted by Gasteiger charge is -2.28. The number of rotatable bonds is 3. The Morgan fingerprint density at radius 1 is 1.29 bits per heavy atom. The van der Waals surface area contributed by atoms with Gasteiger partial charge >= 0.3 is 0 Å². The van der Waals surface area contributed by atoms with Gasteiger partial charge in [0.1, 0.15) is 0 Å². The number of para-hydroxylation sites is 1. The zero-order chi connectivity index (χ0) is 12.1. The van der Waals surface area contributed by atoms with Crippen molar-refractivity contribution in [3.05, 3.63) is 30.3 Å². The molecule has 2 N–H and O–H groups in total. The van der Waals surface area contributed by atoms with Crippen molar-refractivity contribution in [2.75, 3.05) is 6.54 Å². The third kappa shape index (κ3) is 2.99. The highest BCUT2D eigenvalue weighted by Crippen LogP contribution is 2.23. The molecule has 1 aromatic carbocycles. The molecule has 92 valence electrons. The maximum absolute atomic E-state index is 6.12. The summed E-state index contributed by atoms with van der Waals surface area (Å²) in [5, 5.41) is 0. The van der Waals surface area contributed by atoms with Crippen molar-refractivity contribution >= 4 is 11.6 Å². The van der Waals surface area contributed by atoms with Crippen LogP contribution in [0.25, 0.3) is 0 Å². The molecule has 0 aliphatic heterocycles. The molecule has 1 aliphatic carbocycles. The molecule has 0 amide bonds. The SMILES string of the molecule is CCN(C(N)=Nc1ccccc1)C1CCCC1. The van der Waals surface area contributed by atoms with Crippen LogP contribution < -0.4 is 5.73 Å². The van der Waals surface area contributed by atoms with E-state index < -0.39 is 0 Å². The maximum Gasteiger partial charge on any atom is 0.196 e. The highest BCUT2D eigenvalue weighted by molar-refractivity contribution is 5.81. The summed E-state index contributed by atoms with van der Waals surface area (Å²) in [5.74, 6) is 0.658. The zero-order valence-corrected chi connectivity index (χ0v) is 10.5. The average molecular weight is 231 g/mol. The van der Waals surface area contributed by atoms with E-state index in [1.165, 1.54) is 25.7 Å². The molecule has 3 nitrogen and oxygen atoms in total. The lowest BCUT2D eigenvalue weighted by atomic mass is 10.2. The van der Waals surface area contributed by atoms with E-state index >= 15 is 0 Å². The van der Waals surface area contributed by atoms with E-state index in [1.807, 2.05) is 30.3 Å². The van der Waals surface area contributed by atoms with Crippen LogP contribution in [0.1, 0.15) is 32.6 Å². The van der Waals surface area contributed by atoms with Crippen molar-refractivity contribution in [1.82, 2.24) is 4.90 Å². The van der Waals surface area contributed by atoms with Crippen molar-refractivity contribution in [2.24, 2.45) is 10.7 Å². The summed E-state index contributed by atoms with van der Waals surface area (Å²) < 4.78 is 0. The Hall–Kier alpha value is -1.51. The molecule has 0 bridgehead atoms. The van der Waals surface area contributed by atoms with Crippen molar-refractivity contribution < 1.29 is 0 Å². The Morgan fingerprint density at radius 3 is 2.53 bits per heavy atom. The number of aliphatic imine (C=N–C) groups is 1. The highest BCUT2D eigenvalue weighted by Gasteiger charge is 2.22. The largest absolute Gasteiger partial charge is 0.369 e. The van der Waals surface area contributed by atoms with Gasteiger partial charge in [-0.05, 0) is 31.9 Å². The van der Waals surface area contributed by atoms with Crippen LogP contribution in [-0.2, 0) is 0 Å². The van der Waals surface area contributed by atoms with Crippen LogP contribution in [0.3, 0.4) is 0 Å². The predicted molar refractivity (Wildman–Crippen MR) is 72.4 cm³/mol. The first-order valence-corrected chi connectivity index (χ1v) is 6.47. The minimum absolute atomic E-state index is 0.590. The summed E-state index contributed by atoms with van der Waals surface area (Å²) in [7, 11) is 0. The van der Waals surface area contributed by atoms with E-state index in [-0.39, 0.29) is 0 Å². The van der Waals surface area contributed by atoms with Crippen LogP contribution in [0.5, 0.6) is 0 Å². The minimum atomic E-state index is 0.590. The van der Waals surface area contributed by atoms with Gasteiger partial charge in [-0.3, -0.25) is 0 Å². The lowest BCUT2D eigenvalue weighted by molar-refractivity contribution is 0.325. The summed E-state index contributed by atoms with van der Waals surface area (Å²) in [4.78, 5) is 6.73. The lowest BCUT2D eigenvalue weighted by Crippen LogP contribution is -2.43. The molecule has 2 rings (SSSR count). The molecule has 17 heavy (non-hydrogen) atoms. The Balaban J connectivity index is 2.11. The van der Waals surface area contributed by atoms with Crippen LogP contribution >= 0.6 is 0 Å². The smallest absolute Gasteiger partial charge is 0.196 e. The number of nitrogens with zero attached hydrogens (tertiary/aromatic N) is 2. The highest BCUT2D eigenvalue weighted by atomic mass is 15.3. The molecule has 0 spiro atoms. The van der Waals surface area contributed by atoms with E-state index in [0.717, 1.165) is 12.2 Å². The van der Waals surface area contributed by atoms with Gasteiger partial charge in [0.15, 0.2) is 5.96 Å². The van der Waals surface area contributed by atoms with Gasteiger partial charge in [-0.15, -0.1) is 0 Å². The summed E-state index contributed by atoms with van der Waals surface area (Å²) >= 11 is 0. The molecule has 1 aromatic rings. The van der Waals surface area contributed by atoms with Gasteiger partial charge in [0, 0.05) is 12.6 Å². The van der Waals surface area contributed by atoms with Crippen molar-refractivity contribution in [1.29, 1.82) is 0 Å². The first-order chi connectivity index (χ1) is 8.31. The van der Waals surface area contributed by atoms with Gasteiger partial charge in [-0.2, -0.15) is 0 Å². The monoisotopic (exact) mass is 231 g/mol. The van der Waals surface area contributed by atoms with Crippen LogP contribution in [0.4, 0.5) is 5.69 Å². The first kappa shape index (κ1) is 12.0. The molecule has 0 radical (unpaired) electrons. The van der Waals surface area contributed by atoms with Gasteiger partial charge in [-0.1, -0.05) is 31.0 Å². The predicted octanol–water partition coefficient (Wildman–Crippen LogP) is 2.90. The average Bonchev–Trinajstić information content (AvgIpc) is 2.85. The molecule has 0 atom stereocenters. The normalized spacial score (nSPS) is 17.4. The fourth-order valence-electron chi connectivity index (χ4n) is 2.52. The van der Waals surface area contributed by atoms with Crippen molar-refractivity contribution in [3.8, 4) is 0 Å². The van der Waals surface area contributed by atoms with E-state index in [0.29, 0.717) is 12.0 Å². The Labute approximate surface area is 103 Å². The Kier molecular flexibility index (Phi) is 4.02. The number of guanidine groups is 1. The maximum atomic E-state index is 6.12. The number of nitrogens with two attached hydrogens (primary N) is 1. The van der Waals surface area contributed by atoms with E-state index in [4.69, 9.17) is 5.73 Å². The number of hydrogen-bond acceptors (Lipinski definition) is 1. The van der Waals surface area contributed by atoms with Crippen LogP contribution in [0.2, 0.25) is 0 Å². The standard InChI is InChI=1S/C14H21N3/c1-2-17(13-10-6-7-11-13)14(15)16-12-8-4-3-5-9-12/h3-5,8-9,13H,2,6-7,10-11H2,1H3,(H2,15,16). The Bertz CT molecular complexity index is 366. The van der Waals surface area contributed by atoms with Crippen LogP contribution in [-0.4, -0.2) is 23.4 Å². The van der Waals surface area contributed by atoms with E-state index in [2.05, 4.69) is 16.8 Å². The second-order valence-corrected chi connectivity index (χ2v) is 4.53. The third-order valence-electron chi connectivity index (χ3n) is 3.40. The summed E-state index contributed by atoms with van der Waals surface area (Å²) in [6.45, 7) is 3.08. The fraction of sp³-hybridized carbons (Fsp3) is 0.500. The minimum Gasteiger partial charge on any atom is -0.369 e. The first-order valence-electron chi connectivity index (χ1n) is 6.47. The number of benzene rings is 1. The summed E-state index contributed by atoms with van der Waals surface area (Å²) in [6.07, 6.45) is 5.14. The Morgan fingerprint density at radius 2 is 1.94 bits per heavy atom. The molecule has 0 aromatic heterocycles. The molecule has 1 aliphatic rings. The molecule has 1 fully saturated rings. The van der Waals surface area contributed by atoms with Gasteiger partial charge in [0.2, 0.25) is 0 Å². The van der Waals surface area contributed by atoms with Crippen LogP contribution in [0, 0.1) is 0 Å². The molecule has 3 heteroatoms. The van der Waals surface area contributed by atoms with Crippen molar-refractivity contribution in [3.63, 3.8) is 0 Å². The van der Waals surface area contributed by atoms with Gasteiger partial charge in [0.25, 0.3) is 0 Å². The fourth-order valence-corrected chi connectivity index (χ4v) is 2.52. The van der Waals surface area contributed by atoms with Gasteiger partial charge in [-0.25, -0.2) is 4.99 Å². The van der Waals surface area contributed by atoms with Crippen molar-refractivity contribution in [2.45, 2.75) is 38.6 Å². The van der Waals surface area contributed by atoms with E-state index in [9.17, 15) is 0 Å². The third-order valence-corrected chi connectivity index (χ3v) is 3.40. The molecule has 0 saturated heterocycles.